The van der Waals surface area contributed by atoms with Crippen LogP contribution in [0.25, 0.3) is 0 Å². The summed E-state index contributed by atoms with van der Waals surface area (Å²) in [6.45, 7) is 3.30. The van der Waals surface area contributed by atoms with Gasteiger partial charge in [-0.15, -0.1) is 0 Å². The predicted molar refractivity (Wildman–Crippen MR) is 97.3 cm³/mol. The maximum Gasteiger partial charge on any atom is 0.246 e. The summed E-state index contributed by atoms with van der Waals surface area (Å²) in [5.41, 5.74) is 2.09. The van der Waals surface area contributed by atoms with Crippen molar-refractivity contribution in [2.75, 3.05) is 10.6 Å². The minimum atomic E-state index is -0.390. The van der Waals surface area contributed by atoms with Gasteiger partial charge in [0.25, 0.3) is 0 Å². The first-order valence-electron chi connectivity index (χ1n) is 6.89. The Morgan fingerprint density at radius 1 is 1.05 bits per heavy atom. The molecule has 0 aliphatic rings. The lowest BCUT2D eigenvalue weighted by Crippen LogP contribution is -2.31. The van der Waals surface area contributed by atoms with Crippen LogP contribution in [0.1, 0.15) is 24.2 Å². The number of rotatable bonds is 5. The van der Waals surface area contributed by atoms with E-state index in [1.165, 1.54) is 6.92 Å². The number of amides is 1. The Labute approximate surface area is 143 Å². The van der Waals surface area contributed by atoms with Gasteiger partial charge in [0.1, 0.15) is 6.04 Å². The Morgan fingerprint density at radius 3 is 2.41 bits per heavy atom. The first-order chi connectivity index (χ1) is 10.5. The molecule has 0 heterocycles. The molecule has 2 aromatic rings. The van der Waals surface area contributed by atoms with Crippen LogP contribution in [-0.2, 0) is 4.79 Å². The number of nitrogens with one attached hydrogen (secondary N) is 2. The third-order valence-electron chi connectivity index (χ3n) is 3.14. The van der Waals surface area contributed by atoms with Crippen molar-refractivity contribution in [2.24, 2.45) is 0 Å². The number of benzene rings is 2. The van der Waals surface area contributed by atoms with Gasteiger partial charge in [0, 0.05) is 20.5 Å². The molecule has 2 rings (SSSR count). The first kappa shape index (κ1) is 16.5. The Balaban J connectivity index is 2.02. The highest BCUT2D eigenvalue weighted by Crippen LogP contribution is 2.15. The van der Waals surface area contributed by atoms with Crippen LogP contribution in [0.4, 0.5) is 11.4 Å². The van der Waals surface area contributed by atoms with Gasteiger partial charge < -0.3 is 10.6 Å². The summed E-state index contributed by atoms with van der Waals surface area (Å²) >= 11 is 2.23. The van der Waals surface area contributed by atoms with E-state index in [1.807, 2.05) is 24.3 Å². The van der Waals surface area contributed by atoms with Crippen LogP contribution in [0.15, 0.2) is 48.5 Å². The predicted octanol–water partition coefficient (Wildman–Crippen LogP) is 3.93. The molecule has 1 unspecified atom stereocenters. The first-order valence-corrected chi connectivity index (χ1v) is 7.97. The fourth-order valence-electron chi connectivity index (χ4n) is 1.96. The Bertz CT molecular complexity index is 701. The number of carbonyl (C=O) groups is 2. The highest BCUT2D eigenvalue weighted by atomic mass is 127. The molecule has 0 saturated heterocycles. The van der Waals surface area contributed by atoms with Crippen LogP contribution in [0, 0.1) is 3.57 Å². The number of hydrogen-bond donors (Lipinski definition) is 2. The van der Waals surface area contributed by atoms with Crippen LogP contribution in [0.5, 0.6) is 0 Å². The second-order valence-corrected chi connectivity index (χ2v) is 6.25. The van der Waals surface area contributed by atoms with Gasteiger partial charge in [-0.25, -0.2) is 0 Å². The van der Waals surface area contributed by atoms with E-state index in [9.17, 15) is 9.59 Å². The smallest absolute Gasteiger partial charge is 0.246 e. The van der Waals surface area contributed by atoms with Crippen molar-refractivity contribution in [3.63, 3.8) is 0 Å². The molecule has 114 valence electrons. The summed E-state index contributed by atoms with van der Waals surface area (Å²) in [6, 6.07) is 14.4. The summed E-state index contributed by atoms with van der Waals surface area (Å²) in [5, 5.41) is 5.97. The van der Waals surface area contributed by atoms with E-state index in [4.69, 9.17) is 0 Å². The van der Waals surface area contributed by atoms with Crippen LogP contribution in [0.2, 0.25) is 0 Å². The average Bonchev–Trinajstić information content (AvgIpc) is 2.47. The lowest BCUT2D eigenvalue weighted by atomic mass is 10.1. The van der Waals surface area contributed by atoms with Gasteiger partial charge in [0.05, 0.1) is 0 Å². The van der Waals surface area contributed by atoms with Gasteiger partial charge in [-0.05, 0) is 66.8 Å². The van der Waals surface area contributed by atoms with Gasteiger partial charge in [-0.1, -0.05) is 18.2 Å². The molecule has 0 aliphatic heterocycles. The van der Waals surface area contributed by atoms with Crippen molar-refractivity contribution in [1.29, 1.82) is 0 Å². The molecule has 0 saturated carbocycles. The molecule has 0 aliphatic carbocycles. The van der Waals surface area contributed by atoms with Crippen molar-refractivity contribution in [1.82, 2.24) is 0 Å². The van der Waals surface area contributed by atoms with Crippen molar-refractivity contribution in [3.8, 4) is 0 Å². The zero-order chi connectivity index (χ0) is 16.1. The normalized spacial score (nSPS) is 11.6. The van der Waals surface area contributed by atoms with Crippen molar-refractivity contribution in [2.45, 2.75) is 19.9 Å². The molecule has 1 amide bonds. The number of ketones is 1. The Kier molecular flexibility index (Phi) is 5.54. The molecule has 0 bridgehead atoms. The highest BCUT2D eigenvalue weighted by Gasteiger charge is 2.13. The van der Waals surface area contributed by atoms with E-state index in [-0.39, 0.29) is 17.7 Å². The van der Waals surface area contributed by atoms with Crippen molar-refractivity contribution in [3.05, 3.63) is 57.7 Å². The largest absolute Gasteiger partial charge is 0.374 e. The third-order valence-corrected chi connectivity index (χ3v) is 3.81. The molecule has 2 N–H and O–H groups in total. The van der Waals surface area contributed by atoms with E-state index < -0.39 is 0 Å². The molecule has 22 heavy (non-hydrogen) atoms. The molecule has 0 spiro atoms. The molecule has 0 aromatic heterocycles. The van der Waals surface area contributed by atoms with Gasteiger partial charge in [-0.2, -0.15) is 0 Å². The van der Waals surface area contributed by atoms with Crippen LogP contribution in [0.3, 0.4) is 0 Å². The zero-order valence-corrected chi connectivity index (χ0v) is 14.5. The number of carbonyl (C=O) groups excluding carboxylic acids is 2. The van der Waals surface area contributed by atoms with Crippen LogP contribution in [-0.4, -0.2) is 17.7 Å². The SMILES string of the molecule is CC(=O)c1cccc(NC(=O)C(C)Nc2cccc(I)c2)c1. The third kappa shape index (κ3) is 4.56. The minimum Gasteiger partial charge on any atom is -0.374 e. The quantitative estimate of drug-likeness (QED) is 0.582. The molecule has 0 radical (unpaired) electrons. The number of anilines is 2. The summed E-state index contributed by atoms with van der Waals surface area (Å²) < 4.78 is 1.10. The van der Waals surface area contributed by atoms with E-state index in [2.05, 4.69) is 33.2 Å². The minimum absolute atomic E-state index is 0.0267. The zero-order valence-electron chi connectivity index (χ0n) is 12.4. The highest BCUT2D eigenvalue weighted by molar-refractivity contribution is 14.1. The van der Waals surface area contributed by atoms with Gasteiger partial charge >= 0.3 is 0 Å². The molecule has 0 fully saturated rings. The fourth-order valence-corrected chi connectivity index (χ4v) is 2.50. The number of Topliss-reactive ketones (excluding diaryl/α,β-unsaturated/α-hetero) is 1. The van der Waals surface area contributed by atoms with Gasteiger partial charge in [-0.3, -0.25) is 9.59 Å². The molecule has 2 aromatic carbocycles. The van der Waals surface area contributed by atoms with Gasteiger partial charge in [0.15, 0.2) is 5.78 Å². The second-order valence-electron chi connectivity index (χ2n) is 5.00. The number of hydrogen-bond acceptors (Lipinski definition) is 3. The summed E-state index contributed by atoms with van der Waals surface area (Å²) in [7, 11) is 0. The number of halogens is 1. The topological polar surface area (TPSA) is 58.2 Å². The van der Waals surface area contributed by atoms with E-state index in [0.717, 1.165) is 9.26 Å². The summed E-state index contributed by atoms with van der Waals surface area (Å²) in [4.78, 5) is 23.6. The monoisotopic (exact) mass is 408 g/mol. The van der Waals surface area contributed by atoms with E-state index >= 15 is 0 Å². The maximum atomic E-state index is 12.2. The van der Waals surface area contributed by atoms with Crippen LogP contribution >= 0.6 is 22.6 Å². The molecule has 5 heteroatoms. The molecule has 4 nitrogen and oxygen atoms in total. The van der Waals surface area contributed by atoms with E-state index in [1.54, 1.807) is 31.2 Å². The fraction of sp³-hybridized carbons (Fsp3) is 0.176. The lowest BCUT2D eigenvalue weighted by molar-refractivity contribution is -0.116. The maximum absolute atomic E-state index is 12.2. The lowest BCUT2D eigenvalue weighted by Gasteiger charge is -2.15. The molecular formula is C17H17IN2O2. The summed E-state index contributed by atoms with van der Waals surface area (Å²) in [5.74, 6) is -0.180. The molecule has 1 atom stereocenters. The Hall–Kier alpha value is -1.89. The molecular weight excluding hydrogens is 391 g/mol. The van der Waals surface area contributed by atoms with E-state index in [0.29, 0.717) is 11.3 Å². The second kappa shape index (κ2) is 7.40. The standard InChI is InChI=1S/C17H17IN2O2/c1-11(19-16-8-4-6-14(18)10-16)17(22)20-15-7-3-5-13(9-15)12(2)21/h3-11,19H,1-2H3,(H,20,22). The van der Waals surface area contributed by atoms with Crippen molar-refractivity contribution >= 4 is 45.7 Å². The summed E-state index contributed by atoms with van der Waals surface area (Å²) in [6.07, 6.45) is 0. The van der Waals surface area contributed by atoms with Gasteiger partial charge in [0.2, 0.25) is 5.91 Å². The van der Waals surface area contributed by atoms with Crippen LogP contribution < -0.4 is 10.6 Å². The van der Waals surface area contributed by atoms with Crippen molar-refractivity contribution < 1.29 is 9.59 Å². The Morgan fingerprint density at radius 2 is 1.73 bits per heavy atom. The average molecular weight is 408 g/mol.